The highest BCUT2D eigenvalue weighted by Crippen LogP contribution is 2.37. The summed E-state index contributed by atoms with van der Waals surface area (Å²) >= 11 is 0. The molecule has 0 amide bonds. The number of ether oxygens (including phenoxy) is 1. The summed E-state index contributed by atoms with van der Waals surface area (Å²) in [5.41, 5.74) is 0. The van der Waals surface area contributed by atoms with Gasteiger partial charge in [-0.3, -0.25) is 0 Å². The van der Waals surface area contributed by atoms with Crippen molar-refractivity contribution in [3.8, 4) is 0 Å². The molecule has 4 heteroatoms. The van der Waals surface area contributed by atoms with Gasteiger partial charge in [0.15, 0.2) is 6.29 Å². The highest BCUT2D eigenvalue weighted by Gasteiger charge is 2.50. The fourth-order valence-electron chi connectivity index (χ4n) is 3.60. The molecule has 0 bridgehead atoms. The first-order chi connectivity index (χ1) is 12.0. The minimum Gasteiger partial charge on any atom is -0.407 e. The van der Waals surface area contributed by atoms with Crippen LogP contribution in [0, 0.1) is 0 Å². The Balaban J connectivity index is 1.95. The lowest BCUT2D eigenvalue weighted by molar-refractivity contribution is -0.108. The van der Waals surface area contributed by atoms with Crippen molar-refractivity contribution >= 4 is 25.0 Å². The van der Waals surface area contributed by atoms with Gasteiger partial charge in [0, 0.05) is 6.61 Å². The van der Waals surface area contributed by atoms with Crippen LogP contribution in [0.3, 0.4) is 0 Å². The summed E-state index contributed by atoms with van der Waals surface area (Å²) < 4.78 is 12.1. The topological polar surface area (TPSA) is 38.8 Å². The molecule has 2 atom stereocenters. The third kappa shape index (κ3) is 3.61. The summed E-state index contributed by atoms with van der Waals surface area (Å²) in [6, 6.07) is 21.2. The Labute approximate surface area is 151 Å². The van der Waals surface area contributed by atoms with E-state index in [-0.39, 0.29) is 17.2 Å². The molecule has 0 spiro atoms. The van der Waals surface area contributed by atoms with E-state index in [1.54, 1.807) is 0 Å². The van der Waals surface area contributed by atoms with Gasteiger partial charge in [0.05, 0.1) is 6.10 Å². The molecule has 0 aromatic heterocycles. The normalized spacial score (nSPS) is 20.3. The highest BCUT2D eigenvalue weighted by atomic mass is 28.4. The maximum absolute atomic E-state index is 10.8. The van der Waals surface area contributed by atoms with Gasteiger partial charge >= 0.3 is 0 Å². The Morgan fingerprint density at radius 1 is 1.00 bits per heavy atom. The lowest BCUT2D eigenvalue weighted by atomic mass is 10.2. The molecule has 25 heavy (non-hydrogen) atoms. The molecule has 2 aromatic rings. The first kappa shape index (κ1) is 18.1. The molecule has 3 nitrogen and oxygen atoms in total. The first-order valence-corrected chi connectivity index (χ1v) is 10.8. The molecular formula is C21H26O3Si. The predicted molar refractivity (Wildman–Crippen MR) is 103 cm³/mol. The molecule has 0 N–H and O–H groups in total. The largest absolute Gasteiger partial charge is 0.407 e. The SMILES string of the molecule is CC(C)(C)[Si](OCC[C@H]1O[C@H]1C=O)(c1ccccc1)c1ccccc1. The zero-order chi connectivity index (χ0) is 17.9. The Morgan fingerprint density at radius 3 is 1.92 bits per heavy atom. The lowest BCUT2D eigenvalue weighted by Gasteiger charge is -2.43. The Kier molecular flexibility index (Phi) is 5.23. The molecule has 1 aliphatic heterocycles. The van der Waals surface area contributed by atoms with Crippen molar-refractivity contribution < 1.29 is 14.0 Å². The fourth-order valence-corrected chi connectivity index (χ4v) is 8.18. The Bertz CT molecular complexity index is 655. The summed E-state index contributed by atoms with van der Waals surface area (Å²) in [6.45, 7) is 7.39. The van der Waals surface area contributed by atoms with Gasteiger partial charge in [-0.15, -0.1) is 0 Å². The second kappa shape index (κ2) is 7.24. The molecule has 1 aliphatic rings. The van der Waals surface area contributed by atoms with E-state index in [0.717, 1.165) is 12.7 Å². The van der Waals surface area contributed by atoms with Crippen molar-refractivity contribution in [3.63, 3.8) is 0 Å². The van der Waals surface area contributed by atoms with Crippen molar-refractivity contribution in [1.82, 2.24) is 0 Å². The minimum absolute atomic E-state index is 0.0236. The molecule has 2 aromatic carbocycles. The fraction of sp³-hybridized carbons (Fsp3) is 0.381. The lowest BCUT2D eigenvalue weighted by Crippen LogP contribution is -2.66. The number of carbonyl (C=O) groups excluding carboxylic acids is 1. The maximum Gasteiger partial charge on any atom is 0.261 e. The van der Waals surface area contributed by atoms with Crippen LogP contribution < -0.4 is 10.4 Å². The van der Waals surface area contributed by atoms with Gasteiger partial charge in [-0.05, 0) is 21.8 Å². The second-order valence-electron chi connectivity index (χ2n) is 7.58. The van der Waals surface area contributed by atoms with Gasteiger partial charge in [0.2, 0.25) is 0 Å². The number of carbonyl (C=O) groups is 1. The van der Waals surface area contributed by atoms with Gasteiger partial charge in [-0.1, -0.05) is 81.4 Å². The first-order valence-electron chi connectivity index (χ1n) is 8.85. The maximum atomic E-state index is 10.8. The van der Waals surface area contributed by atoms with E-state index in [2.05, 4.69) is 69.3 Å². The number of aldehydes is 1. The summed E-state index contributed by atoms with van der Waals surface area (Å²) in [5, 5.41) is 2.53. The van der Waals surface area contributed by atoms with Crippen LogP contribution in [0.25, 0.3) is 0 Å². The smallest absolute Gasteiger partial charge is 0.261 e. The van der Waals surface area contributed by atoms with Crippen molar-refractivity contribution in [3.05, 3.63) is 60.7 Å². The number of benzene rings is 2. The van der Waals surface area contributed by atoms with Gasteiger partial charge in [-0.2, -0.15) is 0 Å². The standard InChI is InChI=1S/C21H26O3Si/c1-21(2,3)25(17-10-6-4-7-11-17,18-12-8-5-9-13-18)23-15-14-19-20(16-22)24-19/h4-13,16,19-20H,14-15H2,1-3H3/t19-,20+/m1/s1. The Hall–Kier alpha value is -1.75. The van der Waals surface area contributed by atoms with Crippen LogP contribution in [-0.4, -0.2) is 33.4 Å². The van der Waals surface area contributed by atoms with Crippen molar-refractivity contribution in [2.45, 2.75) is 44.4 Å². The molecular weight excluding hydrogens is 328 g/mol. The van der Waals surface area contributed by atoms with E-state index < -0.39 is 8.32 Å². The molecule has 0 unspecified atom stereocenters. The monoisotopic (exact) mass is 354 g/mol. The van der Waals surface area contributed by atoms with Crippen LogP contribution in [0.5, 0.6) is 0 Å². The van der Waals surface area contributed by atoms with E-state index in [1.807, 2.05) is 12.1 Å². The summed E-state index contributed by atoms with van der Waals surface area (Å²) in [4.78, 5) is 10.8. The molecule has 0 saturated carbocycles. The van der Waals surface area contributed by atoms with E-state index in [1.165, 1.54) is 10.4 Å². The molecule has 1 saturated heterocycles. The van der Waals surface area contributed by atoms with Crippen LogP contribution in [0.4, 0.5) is 0 Å². The van der Waals surface area contributed by atoms with Crippen molar-refractivity contribution in [1.29, 1.82) is 0 Å². The minimum atomic E-state index is -2.46. The summed E-state index contributed by atoms with van der Waals surface area (Å²) in [5.74, 6) is 0. The van der Waals surface area contributed by atoms with Crippen LogP contribution in [0.1, 0.15) is 27.2 Å². The Morgan fingerprint density at radius 2 is 1.52 bits per heavy atom. The number of epoxide rings is 1. The summed E-state index contributed by atoms with van der Waals surface area (Å²) in [7, 11) is -2.46. The zero-order valence-electron chi connectivity index (χ0n) is 15.1. The molecule has 1 fully saturated rings. The highest BCUT2D eigenvalue weighted by molar-refractivity contribution is 6.99. The van der Waals surface area contributed by atoms with Crippen LogP contribution in [0.15, 0.2) is 60.7 Å². The molecule has 0 radical (unpaired) electrons. The van der Waals surface area contributed by atoms with Crippen LogP contribution in [0.2, 0.25) is 5.04 Å². The second-order valence-corrected chi connectivity index (χ2v) is 11.9. The molecule has 0 aliphatic carbocycles. The molecule has 132 valence electrons. The average Bonchev–Trinajstić information content (AvgIpc) is 3.38. The van der Waals surface area contributed by atoms with E-state index in [9.17, 15) is 4.79 Å². The average molecular weight is 355 g/mol. The van der Waals surface area contributed by atoms with Crippen molar-refractivity contribution in [2.75, 3.05) is 6.61 Å². The quantitative estimate of drug-likeness (QED) is 0.436. The molecule has 1 heterocycles. The van der Waals surface area contributed by atoms with Gasteiger partial charge in [0.25, 0.3) is 8.32 Å². The van der Waals surface area contributed by atoms with Crippen molar-refractivity contribution in [2.24, 2.45) is 0 Å². The number of hydrogen-bond donors (Lipinski definition) is 0. The van der Waals surface area contributed by atoms with E-state index in [4.69, 9.17) is 9.16 Å². The third-order valence-electron chi connectivity index (χ3n) is 4.89. The number of rotatable bonds is 7. The van der Waals surface area contributed by atoms with Crippen LogP contribution in [-0.2, 0) is 14.0 Å². The van der Waals surface area contributed by atoms with Gasteiger partial charge < -0.3 is 14.0 Å². The third-order valence-corrected chi connectivity index (χ3v) is 9.94. The summed E-state index contributed by atoms with van der Waals surface area (Å²) in [6.07, 6.45) is 1.43. The predicted octanol–water partition coefficient (Wildman–Crippen LogP) is 2.92. The zero-order valence-corrected chi connectivity index (χ0v) is 16.1. The van der Waals surface area contributed by atoms with Gasteiger partial charge in [0.1, 0.15) is 6.10 Å². The van der Waals surface area contributed by atoms with Crippen LogP contribution >= 0.6 is 0 Å². The van der Waals surface area contributed by atoms with E-state index >= 15 is 0 Å². The number of hydrogen-bond acceptors (Lipinski definition) is 3. The molecule has 3 rings (SSSR count). The van der Waals surface area contributed by atoms with Gasteiger partial charge in [-0.25, -0.2) is 0 Å². The van der Waals surface area contributed by atoms with E-state index in [0.29, 0.717) is 6.61 Å².